The predicted molar refractivity (Wildman–Crippen MR) is 86.9 cm³/mol. The van der Waals surface area contributed by atoms with E-state index in [1.54, 1.807) is 12.3 Å². The maximum atomic E-state index is 12.3. The average Bonchev–Trinajstić information content (AvgIpc) is 3.04. The van der Waals surface area contributed by atoms with Crippen molar-refractivity contribution >= 4 is 34.2 Å². The van der Waals surface area contributed by atoms with Crippen LogP contribution in [0.25, 0.3) is 0 Å². The van der Waals surface area contributed by atoms with Crippen molar-refractivity contribution in [2.24, 2.45) is 0 Å². The van der Waals surface area contributed by atoms with Crippen LogP contribution < -0.4 is 5.32 Å². The molecule has 1 aliphatic rings. The number of rotatable bonds is 4. The summed E-state index contributed by atoms with van der Waals surface area (Å²) in [4.78, 5) is 43.0. The normalized spacial score (nSPS) is 13.4. The molecule has 2 aromatic rings. The standard InChI is InChI=1S/C16H15N3O3S/c1-3-6-19-14(21)11-5-4-10(7-12(11)15(19)22)13(20)18-16-17-8-9(2)23-16/h4-5,7-8H,3,6H2,1-2H3,(H,17,18,20). The Hall–Kier alpha value is -2.54. The number of nitrogens with zero attached hydrogens (tertiary/aromatic N) is 2. The van der Waals surface area contributed by atoms with Gasteiger partial charge in [0.2, 0.25) is 0 Å². The Morgan fingerprint density at radius 3 is 2.65 bits per heavy atom. The van der Waals surface area contributed by atoms with Crippen molar-refractivity contribution in [1.82, 2.24) is 9.88 Å². The van der Waals surface area contributed by atoms with Crippen LogP contribution in [-0.2, 0) is 0 Å². The molecular formula is C16H15N3O3S. The maximum absolute atomic E-state index is 12.3. The number of thiazole rings is 1. The second-order valence-corrected chi connectivity index (χ2v) is 6.49. The largest absolute Gasteiger partial charge is 0.298 e. The molecule has 118 valence electrons. The highest BCUT2D eigenvalue weighted by atomic mass is 32.1. The molecule has 1 N–H and O–H groups in total. The lowest BCUT2D eigenvalue weighted by atomic mass is 10.1. The quantitative estimate of drug-likeness (QED) is 0.875. The first-order chi connectivity index (χ1) is 11.0. The van der Waals surface area contributed by atoms with Crippen LogP contribution in [0.2, 0.25) is 0 Å². The van der Waals surface area contributed by atoms with Gasteiger partial charge in [0, 0.05) is 23.2 Å². The molecule has 1 aromatic carbocycles. The Bertz CT molecular complexity index is 813. The number of aryl methyl sites for hydroxylation is 1. The Kier molecular flexibility index (Phi) is 3.96. The molecule has 0 atom stereocenters. The lowest BCUT2D eigenvalue weighted by molar-refractivity contribution is 0.0654. The van der Waals surface area contributed by atoms with Gasteiger partial charge < -0.3 is 0 Å². The van der Waals surface area contributed by atoms with E-state index in [2.05, 4.69) is 10.3 Å². The molecule has 0 radical (unpaired) electrons. The number of amides is 3. The molecule has 0 bridgehead atoms. The van der Waals surface area contributed by atoms with Gasteiger partial charge in [-0.05, 0) is 31.5 Å². The summed E-state index contributed by atoms with van der Waals surface area (Å²) < 4.78 is 0. The second-order valence-electron chi connectivity index (χ2n) is 5.25. The van der Waals surface area contributed by atoms with Crippen LogP contribution in [0.15, 0.2) is 24.4 Å². The monoisotopic (exact) mass is 329 g/mol. The predicted octanol–water partition coefficient (Wildman–Crippen LogP) is 2.71. The van der Waals surface area contributed by atoms with E-state index in [4.69, 9.17) is 0 Å². The highest BCUT2D eigenvalue weighted by molar-refractivity contribution is 7.15. The van der Waals surface area contributed by atoms with Gasteiger partial charge in [0.1, 0.15) is 0 Å². The number of fused-ring (bicyclic) bond motifs is 1. The molecule has 0 fully saturated rings. The highest BCUT2D eigenvalue weighted by Crippen LogP contribution is 2.25. The van der Waals surface area contributed by atoms with Crippen LogP contribution in [-0.4, -0.2) is 34.2 Å². The molecular weight excluding hydrogens is 314 g/mol. The van der Waals surface area contributed by atoms with Crippen LogP contribution in [0.4, 0.5) is 5.13 Å². The number of carbonyl (C=O) groups excluding carboxylic acids is 3. The van der Waals surface area contributed by atoms with Gasteiger partial charge in [-0.2, -0.15) is 0 Å². The first kappa shape index (κ1) is 15.4. The Balaban J connectivity index is 1.86. The summed E-state index contributed by atoms with van der Waals surface area (Å²) >= 11 is 1.37. The number of carbonyl (C=O) groups is 3. The van der Waals surface area contributed by atoms with E-state index in [1.807, 2.05) is 13.8 Å². The second kappa shape index (κ2) is 5.92. The van der Waals surface area contributed by atoms with Crippen LogP contribution in [0.3, 0.4) is 0 Å². The Labute approximate surface area is 137 Å². The van der Waals surface area contributed by atoms with Crippen molar-refractivity contribution in [2.45, 2.75) is 20.3 Å². The highest BCUT2D eigenvalue weighted by Gasteiger charge is 2.35. The molecule has 0 unspecified atom stereocenters. The van der Waals surface area contributed by atoms with Crippen LogP contribution in [0, 0.1) is 6.92 Å². The number of benzene rings is 1. The molecule has 0 spiro atoms. The zero-order valence-electron chi connectivity index (χ0n) is 12.8. The average molecular weight is 329 g/mol. The van der Waals surface area contributed by atoms with Crippen molar-refractivity contribution in [1.29, 1.82) is 0 Å². The molecule has 0 saturated carbocycles. The molecule has 1 aromatic heterocycles. The van der Waals surface area contributed by atoms with Gasteiger partial charge in [0.15, 0.2) is 5.13 Å². The van der Waals surface area contributed by atoms with E-state index in [1.165, 1.54) is 28.4 Å². The SMILES string of the molecule is CCCN1C(=O)c2ccc(C(=O)Nc3ncc(C)s3)cc2C1=O. The zero-order valence-corrected chi connectivity index (χ0v) is 13.6. The maximum Gasteiger partial charge on any atom is 0.261 e. The minimum atomic E-state index is -0.351. The third kappa shape index (κ3) is 2.75. The van der Waals surface area contributed by atoms with E-state index in [0.29, 0.717) is 29.2 Å². The van der Waals surface area contributed by atoms with Crippen molar-refractivity contribution in [3.05, 3.63) is 46.0 Å². The van der Waals surface area contributed by atoms with Crippen molar-refractivity contribution < 1.29 is 14.4 Å². The summed E-state index contributed by atoms with van der Waals surface area (Å²) in [5.74, 6) is -0.989. The fourth-order valence-corrected chi connectivity index (χ4v) is 3.10. The summed E-state index contributed by atoms with van der Waals surface area (Å²) in [6, 6.07) is 4.56. The third-order valence-corrected chi connectivity index (χ3v) is 4.35. The summed E-state index contributed by atoms with van der Waals surface area (Å²) in [7, 11) is 0. The van der Waals surface area contributed by atoms with Crippen LogP contribution in [0.1, 0.15) is 49.3 Å². The van der Waals surface area contributed by atoms with Crippen LogP contribution in [0.5, 0.6) is 0 Å². The third-order valence-electron chi connectivity index (χ3n) is 3.52. The summed E-state index contributed by atoms with van der Waals surface area (Å²) in [6.45, 7) is 4.18. The molecule has 7 heteroatoms. The first-order valence-electron chi connectivity index (χ1n) is 7.25. The van der Waals surface area contributed by atoms with Gasteiger partial charge in [0.05, 0.1) is 11.1 Å². The van der Waals surface area contributed by atoms with Gasteiger partial charge in [-0.25, -0.2) is 4.98 Å². The molecule has 3 rings (SSSR count). The lowest BCUT2D eigenvalue weighted by Crippen LogP contribution is -2.30. The first-order valence-corrected chi connectivity index (χ1v) is 8.07. The zero-order chi connectivity index (χ0) is 16.6. The summed E-state index contributed by atoms with van der Waals surface area (Å²) in [5, 5.41) is 3.19. The number of hydrogen-bond acceptors (Lipinski definition) is 5. The minimum absolute atomic E-state index is 0.284. The van der Waals surface area contributed by atoms with Gasteiger partial charge in [0.25, 0.3) is 17.7 Å². The smallest absolute Gasteiger partial charge is 0.261 e. The summed E-state index contributed by atoms with van der Waals surface area (Å²) in [6.07, 6.45) is 2.37. The number of imide groups is 1. The van der Waals surface area contributed by atoms with Gasteiger partial charge in [-0.3, -0.25) is 24.6 Å². The van der Waals surface area contributed by atoms with Crippen molar-refractivity contribution in [3.8, 4) is 0 Å². The Morgan fingerprint density at radius 1 is 1.26 bits per heavy atom. The van der Waals surface area contributed by atoms with E-state index < -0.39 is 0 Å². The fraction of sp³-hybridized carbons (Fsp3) is 0.250. The number of aromatic nitrogens is 1. The topological polar surface area (TPSA) is 79.4 Å². The molecule has 0 saturated heterocycles. The minimum Gasteiger partial charge on any atom is -0.298 e. The van der Waals surface area contributed by atoms with Gasteiger partial charge >= 0.3 is 0 Å². The van der Waals surface area contributed by atoms with E-state index in [0.717, 1.165) is 4.88 Å². The van der Waals surface area contributed by atoms with Crippen molar-refractivity contribution in [2.75, 3.05) is 11.9 Å². The van der Waals surface area contributed by atoms with E-state index in [9.17, 15) is 14.4 Å². The molecule has 6 nitrogen and oxygen atoms in total. The Morgan fingerprint density at radius 2 is 2.00 bits per heavy atom. The van der Waals surface area contributed by atoms with Gasteiger partial charge in [-0.1, -0.05) is 6.92 Å². The molecule has 1 aliphatic heterocycles. The summed E-state index contributed by atoms with van der Waals surface area (Å²) in [5.41, 5.74) is 0.965. The lowest BCUT2D eigenvalue weighted by Gasteiger charge is -2.11. The number of nitrogens with one attached hydrogen (secondary N) is 1. The molecule has 2 heterocycles. The number of hydrogen-bond donors (Lipinski definition) is 1. The number of anilines is 1. The van der Waals surface area contributed by atoms with Crippen LogP contribution >= 0.6 is 11.3 Å². The van der Waals surface area contributed by atoms with E-state index >= 15 is 0 Å². The van der Waals surface area contributed by atoms with E-state index in [-0.39, 0.29) is 23.3 Å². The molecule has 23 heavy (non-hydrogen) atoms. The fourth-order valence-electron chi connectivity index (χ4n) is 2.44. The van der Waals surface area contributed by atoms with Crippen molar-refractivity contribution in [3.63, 3.8) is 0 Å². The molecule has 3 amide bonds. The van der Waals surface area contributed by atoms with Gasteiger partial charge in [-0.15, -0.1) is 11.3 Å². The molecule has 0 aliphatic carbocycles.